The molecule has 1 atom stereocenters. The van der Waals surface area contributed by atoms with Gasteiger partial charge in [0.1, 0.15) is 0 Å². The number of nitrogens with zero attached hydrogens (tertiary/aromatic N) is 2. The van der Waals surface area contributed by atoms with Crippen LogP contribution in [0, 0.1) is 0 Å². The van der Waals surface area contributed by atoms with Crippen LogP contribution in [-0.2, 0) is 10.0 Å². The Hall–Kier alpha value is -1.19. The lowest BCUT2D eigenvalue weighted by Gasteiger charge is -2.32. The van der Waals surface area contributed by atoms with E-state index in [1.165, 1.54) is 0 Å². The third-order valence-electron chi connectivity index (χ3n) is 5.39. The summed E-state index contributed by atoms with van der Waals surface area (Å²) in [5.41, 5.74) is 0.487. The average molecular weight is 431 g/mol. The first kappa shape index (κ1) is 23.1. The van der Waals surface area contributed by atoms with Gasteiger partial charge in [0.15, 0.2) is 0 Å². The number of nitrogens with one attached hydrogen (secondary N) is 2. The third kappa shape index (κ3) is 5.67. The molecule has 0 saturated carbocycles. The van der Waals surface area contributed by atoms with Crippen molar-refractivity contribution in [3.63, 3.8) is 0 Å². The van der Waals surface area contributed by atoms with Gasteiger partial charge < -0.3 is 10.6 Å². The molecule has 1 unspecified atom stereocenters. The lowest BCUT2D eigenvalue weighted by atomic mass is 10.1. The number of carbonyl (C=O) groups excluding carboxylic acids is 1. The second kappa shape index (κ2) is 10.5. The van der Waals surface area contributed by atoms with Crippen molar-refractivity contribution in [1.29, 1.82) is 0 Å². The lowest BCUT2D eigenvalue weighted by molar-refractivity contribution is 0.0947. The Bertz CT molecular complexity index is 736. The van der Waals surface area contributed by atoms with Crippen molar-refractivity contribution < 1.29 is 13.2 Å². The molecule has 0 radical (unpaired) electrons. The van der Waals surface area contributed by atoms with Crippen LogP contribution in [0.4, 0.5) is 0 Å². The summed E-state index contributed by atoms with van der Waals surface area (Å²) in [6.07, 6.45) is 2.87. The van der Waals surface area contributed by atoms with Gasteiger partial charge in [-0.2, -0.15) is 4.31 Å². The highest BCUT2D eigenvalue weighted by Gasteiger charge is 2.30. The minimum atomic E-state index is -3.50. The molecule has 2 aliphatic heterocycles. The number of hydrogen-bond donors (Lipinski definition) is 2. The van der Waals surface area contributed by atoms with Gasteiger partial charge in [0, 0.05) is 57.4 Å². The van der Waals surface area contributed by atoms with E-state index >= 15 is 0 Å². The molecule has 7 nitrogen and oxygen atoms in total. The maximum atomic E-state index is 12.8. The highest BCUT2D eigenvalue weighted by Crippen LogP contribution is 2.25. The van der Waals surface area contributed by atoms with Crippen molar-refractivity contribution in [1.82, 2.24) is 19.8 Å². The van der Waals surface area contributed by atoms with E-state index in [2.05, 4.69) is 15.5 Å². The largest absolute Gasteiger partial charge is 0.351 e. The first-order chi connectivity index (χ1) is 13.0. The third-order valence-corrected chi connectivity index (χ3v) is 7.42. The summed E-state index contributed by atoms with van der Waals surface area (Å²) < 4.78 is 27.3. The van der Waals surface area contributed by atoms with Crippen LogP contribution in [0.3, 0.4) is 0 Å². The van der Waals surface area contributed by atoms with E-state index in [1.807, 2.05) is 6.92 Å². The van der Waals surface area contributed by atoms with Crippen LogP contribution in [0.1, 0.15) is 36.5 Å². The summed E-state index contributed by atoms with van der Waals surface area (Å²) in [6, 6.07) is 6.31. The van der Waals surface area contributed by atoms with Crippen molar-refractivity contribution >= 4 is 28.3 Å². The van der Waals surface area contributed by atoms with E-state index in [4.69, 9.17) is 0 Å². The Morgan fingerprint density at radius 1 is 1.14 bits per heavy atom. The lowest BCUT2D eigenvalue weighted by Crippen LogP contribution is -2.46. The predicted octanol–water partition coefficient (Wildman–Crippen LogP) is 1.31. The molecular formula is C19H31ClN4O3S. The molecule has 1 amide bonds. The second-order valence-corrected chi connectivity index (χ2v) is 9.22. The highest BCUT2D eigenvalue weighted by atomic mass is 35.5. The molecule has 2 N–H and O–H groups in total. The molecule has 0 spiro atoms. The zero-order valence-electron chi connectivity index (χ0n) is 16.4. The number of carbonyl (C=O) groups is 1. The maximum Gasteiger partial charge on any atom is 0.251 e. The zero-order valence-corrected chi connectivity index (χ0v) is 18.0. The summed E-state index contributed by atoms with van der Waals surface area (Å²) in [6.45, 7) is 7.90. The van der Waals surface area contributed by atoms with Crippen LogP contribution in [-0.4, -0.2) is 75.4 Å². The van der Waals surface area contributed by atoms with E-state index in [-0.39, 0.29) is 29.3 Å². The van der Waals surface area contributed by atoms with Gasteiger partial charge >= 0.3 is 0 Å². The first-order valence-corrected chi connectivity index (χ1v) is 11.3. The summed E-state index contributed by atoms with van der Waals surface area (Å²) in [7, 11) is -3.50. The van der Waals surface area contributed by atoms with Crippen molar-refractivity contribution in [3.05, 3.63) is 29.8 Å². The summed E-state index contributed by atoms with van der Waals surface area (Å²) in [5, 5.41) is 6.22. The highest BCUT2D eigenvalue weighted by molar-refractivity contribution is 7.89. The quantitative estimate of drug-likeness (QED) is 0.711. The minimum absolute atomic E-state index is 0. The molecule has 2 aliphatic rings. The smallest absolute Gasteiger partial charge is 0.251 e. The Labute approximate surface area is 174 Å². The molecule has 28 heavy (non-hydrogen) atoms. The van der Waals surface area contributed by atoms with Gasteiger partial charge in [0.25, 0.3) is 5.91 Å². The molecular weight excluding hydrogens is 400 g/mol. The maximum absolute atomic E-state index is 12.8. The van der Waals surface area contributed by atoms with E-state index in [9.17, 15) is 13.2 Å². The van der Waals surface area contributed by atoms with Crippen LogP contribution < -0.4 is 10.6 Å². The Kier molecular flexibility index (Phi) is 8.70. The van der Waals surface area contributed by atoms with Crippen LogP contribution in [0.15, 0.2) is 29.2 Å². The van der Waals surface area contributed by atoms with Crippen LogP contribution in [0.5, 0.6) is 0 Å². The molecule has 0 bridgehead atoms. The Morgan fingerprint density at radius 2 is 1.82 bits per heavy atom. The van der Waals surface area contributed by atoms with Crippen molar-refractivity contribution in [3.8, 4) is 0 Å². The van der Waals surface area contributed by atoms with Crippen LogP contribution >= 0.6 is 12.4 Å². The Morgan fingerprint density at radius 3 is 2.46 bits per heavy atom. The topological polar surface area (TPSA) is 81.8 Å². The van der Waals surface area contributed by atoms with Crippen molar-refractivity contribution in [2.24, 2.45) is 0 Å². The van der Waals surface area contributed by atoms with E-state index in [0.29, 0.717) is 18.7 Å². The fourth-order valence-electron chi connectivity index (χ4n) is 3.71. The molecule has 1 aromatic rings. The molecule has 0 aromatic heterocycles. The zero-order chi connectivity index (χ0) is 19.3. The monoisotopic (exact) mass is 430 g/mol. The minimum Gasteiger partial charge on any atom is -0.351 e. The summed E-state index contributed by atoms with van der Waals surface area (Å²) >= 11 is 0. The molecule has 0 aliphatic carbocycles. The van der Waals surface area contributed by atoms with E-state index in [1.54, 1.807) is 28.6 Å². The van der Waals surface area contributed by atoms with Gasteiger partial charge in [-0.25, -0.2) is 8.42 Å². The molecule has 2 heterocycles. The van der Waals surface area contributed by atoms with Crippen molar-refractivity contribution in [2.75, 3.05) is 45.8 Å². The van der Waals surface area contributed by atoms with Gasteiger partial charge in [0.2, 0.25) is 10.0 Å². The number of sulfonamides is 1. The van der Waals surface area contributed by atoms with Gasteiger partial charge in [-0.05, 0) is 44.0 Å². The van der Waals surface area contributed by atoms with Crippen LogP contribution in [0.2, 0.25) is 0 Å². The average Bonchev–Trinajstić information content (AvgIpc) is 2.69. The number of rotatable bonds is 6. The molecule has 9 heteroatoms. The SMILES string of the molecule is CC1CCCCN1S(=O)(=O)c1ccc(C(=O)NCCN2CCNCC2)cc1.Cl. The Balaban J connectivity index is 0.00000280. The number of benzene rings is 1. The van der Waals surface area contributed by atoms with Gasteiger partial charge in [-0.1, -0.05) is 6.42 Å². The molecule has 3 rings (SSSR count). The predicted molar refractivity (Wildman–Crippen MR) is 113 cm³/mol. The van der Waals surface area contributed by atoms with E-state index < -0.39 is 10.0 Å². The molecule has 2 fully saturated rings. The molecule has 2 saturated heterocycles. The second-order valence-electron chi connectivity index (χ2n) is 7.33. The number of halogens is 1. The fourth-order valence-corrected chi connectivity index (χ4v) is 5.41. The molecule has 158 valence electrons. The number of piperazine rings is 1. The van der Waals surface area contributed by atoms with Gasteiger partial charge in [-0.3, -0.25) is 9.69 Å². The van der Waals surface area contributed by atoms with Crippen LogP contribution in [0.25, 0.3) is 0 Å². The number of hydrogen-bond acceptors (Lipinski definition) is 5. The fraction of sp³-hybridized carbons (Fsp3) is 0.632. The first-order valence-electron chi connectivity index (χ1n) is 9.81. The summed E-state index contributed by atoms with van der Waals surface area (Å²) in [4.78, 5) is 14.9. The number of amides is 1. The van der Waals surface area contributed by atoms with Crippen molar-refractivity contribution in [2.45, 2.75) is 37.1 Å². The van der Waals surface area contributed by atoms with Gasteiger partial charge in [-0.15, -0.1) is 12.4 Å². The van der Waals surface area contributed by atoms with E-state index in [0.717, 1.165) is 52.0 Å². The summed E-state index contributed by atoms with van der Waals surface area (Å²) in [5.74, 6) is -0.166. The number of piperidine rings is 1. The molecule has 1 aromatic carbocycles. The van der Waals surface area contributed by atoms with Gasteiger partial charge in [0.05, 0.1) is 4.90 Å². The normalized spacial score (nSPS) is 21.7. The standard InChI is InChI=1S/C19H30N4O3S.ClH/c1-16-4-2-3-12-23(16)27(25,26)18-7-5-17(6-8-18)19(24)21-11-15-22-13-9-20-10-14-22;/h5-8,16,20H,2-4,9-15H2,1H3,(H,21,24);1H.